The van der Waals surface area contributed by atoms with Gasteiger partial charge in [-0.25, -0.2) is 5.01 Å². The van der Waals surface area contributed by atoms with Crippen molar-refractivity contribution in [2.45, 2.75) is 67.3 Å². The summed E-state index contributed by atoms with van der Waals surface area (Å²) in [7, 11) is 1.58. The summed E-state index contributed by atoms with van der Waals surface area (Å²) < 4.78 is 5.36. The second-order valence-electron chi connectivity index (χ2n) is 9.30. The monoisotopic (exact) mass is 424 g/mol. The van der Waals surface area contributed by atoms with Gasteiger partial charge in [-0.3, -0.25) is 15.0 Å². The molecule has 5 heteroatoms. The highest BCUT2D eigenvalue weighted by Gasteiger charge is 2.35. The third-order valence-electron chi connectivity index (χ3n) is 5.53. The van der Waals surface area contributed by atoms with Crippen molar-refractivity contribution in [3.8, 4) is 5.75 Å². The molecule has 0 aliphatic heterocycles. The molecule has 0 saturated carbocycles. The standard InChI is InChI=1S/C26H36N2O3/c1-9-11-23(26(5,6)7)28(25(30)20-15-17(2)14-18(3)16-20)27-24(29)21-12-10-13-22(31-8)19(21)4/h10,12-16,23H,9,11H2,1-8H3,(H,27,29)/t23-/m0/s1. The molecule has 0 heterocycles. The van der Waals surface area contributed by atoms with Crippen LogP contribution in [-0.2, 0) is 0 Å². The van der Waals surface area contributed by atoms with E-state index in [9.17, 15) is 9.59 Å². The van der Waals surface area contributed by atoms with E-state index in [0.717, 1.165) is 29.5 Å². The molecule has 31 heavy (non-hydrogen) atoms. The van der Waals surface area contributed by atoms with Crippen LogP contribution in [0.4, 0.5) is 0 Å². The van der Waals surface area contributed by atoms with Crippen LogP contribution >= 0.6 is 0 Å². The first-order valence-electron chi connectivity index (χ1n) is 10.9. The zero-order valence-corrected chi connectivity index (χ0v) is 20.1. The first-order valence-corrected chi connectivity index (χ1v) is 10.9. The molecule has 2 aromatic carbocycles. The van der Waals surface area contributed by atoms with Gasteiger partial charge in [-0.05, 0) is 56.9 Å². The molecule has 2 amide bonds. The minimum atomic E-state index is -0.320. The number of hydrazine groups is 1. The maximum atomic E-state index is 13.7. The summed E-state index contributed by atoms with van der Waals surface area (Å²) in [6, 6.07) is 11.0. The molecule has 1 N–H and O–H groups in total. The van der Waals surface area contributed by atoms with Crippen molar-refractivity contribution in [2.24, 2.45) is 5.41 Å². The Bertz CT molecular complexity index is 924. The largest absolute Gasteiger partial charge is 0.496 e. The van der Waals surface area contributed by atoms with Crippen molar-refractivity contribution in [3.05, 3.63) is 64.2 Å². The fourth-order valence-electron chi connectivity index (χ4n) is 3.98. The van der Waals surface area contributed by atoms with Gasteiger partial charge in [-0.1, -0.05) is 57.4 Å². The van der Waals surface area contributed by atoms with Crippen molar-refractivity contribution in [1.82, 2.24) is 10.4 Å². The van der Waals surface area contributed by atoms with Gasteiger partial charge in [0.2, 0.25) is 0 Å². The molecule has 0 spiro atoms. The highest BCUT2D eigenvalue weighted by atomic mass is 16.5. The number of rotatable bonds is 6. The Balaban J connectivity index is 2.51. The molecule has 0 aromatic heterocycles. The van der Waals surface area contributed by atoms with Crippen LogP contribution < -0.4 is 10.2 Å². The van der Waals surface area contributed by atoms with E-state index in [-0.39, 0.29) is 23.3 Å². The average Bonchev–Trinajstić information content (AvgIpc) is 2.68. The summed E-state index contributed by atoms with van der Waals surface area (Å²) in [5.74, 6) is 0.120. The normalized spacial score (nSPS) is 12.3. The third-order valence-corrected chi connectivity index (χ3v) is 5.53. The summed E-state index contributed by atoms with van der Waals surface area (Å²) in [6.45, 7) is 14.2. The molecule has 2 rings (SSSR count). The van der Waals surface area contributed by atoms with Gasteiger partial charge in [-0.2, -0.15) is 0 Å². The Morgan fingerprint density at radius 1 is 1.06 bits per heavy atom. The zero-order chi connectivity index (χ0) is 23.3. The number of ether oxygens (including phenoxy) is 1. The summed E-state index contributed by atoms with van der Waals surface area (Å²) in [5, 5.41) is 1.54. The van der Waals surface area contributed by atoms with Gasteiger partial charge in [0.05, 0.1) is 13.2 Å². The van der Waals surface area contributed by atoms with Crippen LogP contribution in [0.3, 0.4) is 0 Å². The summed E-state index contributed by atoms with van der Waals surface area (Å²) in [6.07, 6.45) is 1.67. The lowest BCUT2D eigenvalue weighted by Gasteiger charge is -2.40. The Labute approximate surface area is 186 Å². The number of carbonyl (C=O) groups is 2. The van der Waals surface area contributed by atoms with Crippen LogP contribution in [0.25, 0.3) is 0 Å². The number of hydrogen-bond acceptors (Lipinski definition) is 3. The first-order chi connectivity index (χ1) is 14.5. The predicted octanol–water partition coefficient (Wildman–Crippen LogP) is 5.62. The van der Waals surface area contributed by atoms with E-state index >= 15 is 0 Å². The number of carbonyl (C=O) groups excluding carboxylic acids is 2. The molecule has 0 fully saturated rings. The molecule has 0 radical (unpaired) electrons. The Morgan fingerprint density at radius 3 is 2.19 bits per heavy atom. The number of amides is 2. The smallest absolute Gasteiger partial charge is 0.272 e. The summed E-state index contributed by atoms with van der Waals surface area (Å²) >= 11 is 0. The molecule has 0 unspecified atom stereocenters. The minimum Gasteiger partial charge on any atom is -0.496 e. The van der Waals surface area contributed by atoms with Gasteiger partial charge >= 0.3 is 0 Å². The number of aryl methyl sites for hydroxylation is 2. The van der Waals surface area contributed by atoms with E-state index in [1.807, 2.05) is 45.0 Å². The third kappa shape index (κ3) is 5.87. The van der Waals surface area contributed by atoms with E-state index < -0.39 is 0 Å². The molecule has 0 bridgehead atoms. The Hall–Kier alpha value is -2.82. The van der Waals surface area contributed by atoms with E-state index in [1.165, 1.54) is 0 Å². The number of methoxy groups -OCH3 is 1. The lowest BCUT2D eigenvalue weighted by molar-refractivity contribution is 0.0270. The van der Waals surface area contributed by atoms with E-state index in [4.69, 9.17) is 4.74 Å². The summed E-state index contributed by atoms with van der Waals surface area (Å²) in [4.78, 5) is 27.0. The molecular formula is C26H36N2O3. The lowest BCUT2D eigenvalue weighted by atomic mass is 9.83. The van der Waals surface area contributed by atoms with Crippen LogP contribution in [0.1, 0.15) is 77.9 Å². The minimum absolute atomic E-state index is 0.166. The van der Waals surface area contributed by atoms with Crippen molar-refractivity contribution in [1.29, 1.82) is 0 Å². The second kappa shape index (κ2) is 9.99. The van der Waals surface area contributed by atoms with Crippen LogP contribution in [0, 0.1) is 26.2 Å². The SMILES string of the molecule is CCC[C@H](N(NC(=O)c1cccc(OC)c1C)C(=O)c1cc(C)cc(C)c1)C(C)(C)C. The molecule has 5 nitrogen and oxygen atoms in total. The molecule has 2 aromatic rings. The van der Waals surface area contributed by atoms with Gasteiger partial charge in [0.1, 0.15) is 5.75 Å². The van der Waals surface area contributed by atoms with E-state index in [0.29, 0.717) is 16.9 Å². The number of nitrogens with one attached hydrogen (secondary N) is 1. The Morgan fingerprint density at radius 2 is 1.68 bits per heavy atom. The number of nitrogens with zero attached hydrogens (tertiary/aromatic N) is 1. The van der Waals surface area contributed by atoms with Gasteiger partial charge < -0.3 is 4.74 Å². The highest BCUT2D eigenvalue weighted by molar-refractivity contribution is 6.00. The van der Waals surface area contributed by atoms with Gasteiger partial charge in [0.25, 0.3) is 11.8 Å². The van der Waals surface area contributed by atoms with Crippen LogP contribution in [0.5, 0.6) is 5.75 Å². The zero-order valence-electron chi connectivity index (χ0n) is 20.1. The molecule has 1 atom stereocenters. The van der Waals surface area contributed by atoms with E-state index in [2.05, 4.69) is 33.1 Å². The van der Waals surface area contributed by atoms with Crippen molar-refractivity contribution in [3.63, 3.8) is 0 Å². The molecule has 0 aliphatic carbocycles. The average molecular weight is 425 g/mol. The predicted molar refractivity (Wildman–Crippen MR) is 125 cm³/mol. The molecular weight excluding hydrogens is 388 g/mol. The Kier molecular flexibility index (Phi) is 7.88. The molecule has 0 aliphatic rings. The van der Waals surface area contributed by atoms with Gasteiger partial charge in [0.15, 0.2) is 0 Å². The molecule has 0 saturated heterocycles. The maximum Gasteiger partial charge on any atom is 0.272 e. The maximum absolute atomic E-state index is 13.7. The second-order valence-corrected chi connectivity index (χ2v) is 9.30. The fraction of sp³-hybridized carbons (Fsp3) is 0.462. The number of hydrogen-bond donors (Lipinski definition) is 1. The first kappa shape index (κ1) is 24.4. The van der Waals surface area contributed by atoms with Crippen molar-refractivity contribution >= 4 is 11.8 Å². The fourth-order valence-corrected chi connectivity index (χ4v) is 3.98. The van der Waals surface area contributed by atoms with Crippen molar-refractivity contribution in [2.75, 3.05) is 7.11 Å². The van der Waals surface area contributed by atoms with Crippen molar-refractivity contribution < 1.29 is 14.3 Å². The van der Waals surface area contributed by atoms with E-state index in [1.54, 1.807) is 24.3 Å². The molecule has 168 valence electrons. The van der Waals surface area contributed by atoms with Gasteiger partial charge in [-0.15, -0.1) is 0 Å². The highest BCUT2D eigenvalue weighted by Crippen LogP contribution is 2.29. The van der Waals surface area contributed by atoms with Crippen LogP contribution in [0.15, 0.2) is 36.4 Å². The van der Waals surface area contributed by atoms with Crippen LogP contribution in [-0.4, -0.2) is 30.0 Å². The quantitative estimate of drug-likeness (QED) is 0.612. The lowest BCUT2D eigenvalue weighted by Crippen LogP contribution is -2.56. The van der Waals surface area contributed by atoms with Crippen LogP contribution in [0.2, 0.25) is 0 Å². The summed E-state index contributed by atoms with van der Waals surface area (Å²) in [5.41, 5.74) is 6.55. The number of benzene rings is 2. The topological polar surface area (TPSA) is 58.6 Å². The van der Waals surface area contributed by atoms with Gasteiger partial charge in [0, 0.05) is 16.7 Å².